The van der Waals surface area contributed by atoms with E-state index in [2.05, 4.69) is 0 Å². The second-order valence-corrected chi connectivity index (χ2v) is 7.18. The van der Waals surface area contributed by atoms with Gasteiger partial charge in [-0.25, -0.2) is 0 Å². The van der Waals surface area contributed by atoms with E-state index in [9.17, 15) is 14.4 Å². The first-order chi connectivity index (χ1) is 12.2. The second-order valence-electron chi connectivity index (χ2n) is 6.23. The lowest BCUT2D eigenvalue weighted by Crippen LogP contribution is -2.40. The molecule has 1 amide bonds. The number of rotatable bonds is 7. The lowest BCUT2D eigenvalue weighted by molar-refractivity contribution is -0.131. The topological polar surface area (TPSA) is 54.5 Å². The normalized spacial score (nSPS) is 16.8. The van der Waals surface area contributed by atoms with E-state index in [1.807, 2.05) is 35.7 Å². The van der Waals surface area contributed by atoms with Gasteiger partial charge in [0.15, 0.2) is 11.6 Å². The smallest absolute Gasteiger partial charge is 0.223 e. The minimum Gasteiger partial charge on any atom is -0.332 e. The zero-order valence-corrected chi connectivity index (χ0v) is 14.8. The first-order valence-electron chi connectivity index (χ1n) is 8.62. The Balaban J connectivity index is 1.54. The van der Waals surface area contributed by atoms with E-state index in [0.29, 0.717) is 37.8 Å². The number of ketones is 2. The van der Waals surface area contributed by atoms with Crippen molar-refractivity contribution in [1.82, 2.24) is 4.90 Å². The lowest BCUT2D eigenvalue weighted by atomic mass is 10.0. The molecule has 0 bridgehead atoms. The van der Waals surface area contributed by atoms with Crippen molar-refractivity contribution < 1.29 is 14.4 Å². The molecule has 0 N–H and O–H groups in total. The van der Waals surface area contributed by atoms with E-state index in [1.165, 1.54) is 11.3 Å². The van der Waals surface area contributed by atoms with Gasteiger partial charge in [-0.05, 0) is 30.7 Å². The maximum absolute atomic E-state index is 12.7. The summed E-state index contributed by atoms with van der Waals surface area (Å²) in [5, 5.41) is 1.88. The van der Waals surface area contributed by atoms with Gasteiger partial charge >= 0.3 is 0 Å². The molecule has 0 aliphatic carbocycles. The third-order valence-electron chi connectivity index (χ3n) is 4.52. The molecule has 3 rings (SSSR count). The zero-order chi connectivity index (χ0) is 17.6. The van der Waals surface area contributed by atoms with Gasteiger partial charge in [0.25, 0.3) is 0 Å². The van der Waals surface area contributed by atoms with Crippen molar-refractivity contribution in [2.45, 2.75) is 38.1 Å². The molecule has 1 atom stereocenters. The third-order valence-corrected chi connectivity index (χ3v) is 5.44. The first-order valence-corrected chi connectivity index (χ1v) is 9.50. The van der Waals surface area contributed by atoms with Gasteiger partial charge in [0, 0.05) is 24.9 Å². The number of hydrogen-bond donors (Lipinski definition) is 0. The molecule has 130 valence electrons. The Kier molecular flexibility index (Phi) is 5.76. The summed E-state index contributed by atoms with van der Waals surface area (Å²) < 4.78 is 0. The molecular weight excluding hydrogens is 334 g/mol. The van der Waals surface area contributed by atoms with Gasteiger partial charge < -0.3 is 4.90 Å². The molecule has 4 nitrogen and oxygen atoms in total. The van der Waals surface area contributed by atoms with Gasteiger partial charge in [-0.3, -0.25) is 14.4 Å². The highest BCUT2D eigenvalue weighted by Gasteiger charge is 2.34. The van der Waals surface area contributed by atoms with E-state index in [0.717, 1.165) is 11.3 Å². The van der Waals surface area contributed by atoms with Crippen LogP contribution in [0, 0.1) is 0 Å². The maximum Gasteiger partial charge on any atom is 0.223 e. The molecule has 1 aliphatic rings. The minimum absolute atomic E-state index is 0.0149. The SMILES string of the molecule is O=C(CCCC(=O)N1CCCC1C(=O)c1ccccc1)c1cccs1. The summed E-state index contributed by atoms with van der Waals surface area (Å²) in [5.74, 6) is 0.0769. The fourth-order valence-corrected chi connectivity index (χ4v) is 3.93. The number of nitrogens with zero attached hydrogens (tertiary/aromatic N) is 1. The highest BCUT2D eigenvalue weighted by molar-refractivity contribution is 7.12. The predicted octanol–water partition coefficient (Wildman–Crippen LogP) is 3.98. The summed E-state index contributed by atoms with van der Waals surface area (Å²) >= 11 is 1.43. The highest BCUT2D eigenvalue weighted by Crippen LogP contribution is 2.23. The largest absolute Gasteiger partial charge is 0.332 e. The molecule has 1 saturated heterocycles. The van der Waals surface area contributed by atoms with Crippen LogP contribution in [0.5, 0.6) is 0 Å². The van der Waals surface area contributed by atoms with E-state index in [1.54, 1.807) is 17.0 Å². The molecule has 1 aromatic carbocycles. The summed E-state index contributed by atoms with van der Waals surface area (Å²) in [4.78, 5) is 39.6. The monoisotopic (exact) mass is 355 g/mol. The summed E-state index contributed by atoms with van der Waals surface area (Å²) in [6.45, 7) is 0.626. The standard InChI is InChI=1S/C20H21NO3S/c22-17(18-11-6-14-25-18)10-4-12-19(23)21-13-5-9-16(21)20(24)15-7-2-1-3-8-15/h1-3,6-8,11,14,16H,4-5,9-10,12-13H2. The Morgan fingerprint density at radius 2 is 1.84 bits per heavy atom. The van der Waals surface area contributed by atoms with Crippen molar-refractivity contribution >= 4 is 28.8 Å². The molecular formula is C20H21NO3S. The molecule has 1 unspecified atom stereocenters. The van der Waals surface area contributed by atoms with Crippen LogP contribution in [0.25, 0.3) is 0 Å². The number of hydrogen-bond acceptors (Lipinski definition) is 4. The quantitative estimate of drug-likeness (QED) is 0.706. The number of amides is 1. The average Bonchev–Trinajstić information content (AvgIpc) is 3.33. The molecule has 2 aromatic rings. The van der Waals surface area contributed by atoms with Crippen molar-refractivity contribution in [2.24, 2.45) is 0 Å². The highest BCUT2D eigenvalue weighted by atomic mass is 32.1. The summed E-state index contributed by atoms with van der Waals surface area (Å²) in [7, 11) is 0. The van der Waals surface area contributed by atoms with Crippen LogP contribution in [-0.4, -0.2) is 35.0 Å². The van der Waals surface area contributed by atoms with Crippen LogP contribution >= 0.6 is 11.3 Å². The van der Waals surface area contributed by atoms with Crippen LogP contribution in [0.4, 0.5) is 0 Å². The lowest BCUT2D eigenvalue weighted by Gasteiger charge is -2.23. The average molecular weight is 355 g/mol. The fourth-order valence-electron chi connectivity index (χ4n) is 3.24. The summed E-state index contributed by atoms with van der Waals surface area (Å²) in [6.07, 6.45) is 2.78. The Labute approximate surface area is 151 Å². The van der Waals surface area contributed by atoms with Gasteiger partial charge in [-0.2, -0.15) is 0 Å². The molecule has 1 fully saturated rings. The first kappa shape index (κ1) is 17.5. The summed E-state index contributed by atoms with van der Waals surface area (Å²) in [5.41, 5.74) is 0.653. The Hall–Kier alpha value is -2.27. The van der Waals surface area contributed by atoms with Crippen molar-refractivity contribution in [2.75, 3.05) is 6.54 Å². The van der Waals surface area contributed by atoms with E-state index < -0.39 is 0 Å². The minimum atomic E-state index is -0.358. The number of carbonyl (C=O) groups excluding carboxylic acids is 3. The number of thiophene rings is 1. The van der Waals surface area contributed by atoms with E-state index in [4.69, 9.17) is 0 Å². The van der Waals surface area contributed by atoms with Gasteiger partial charge in [0.2, 0.25) is 5.91 Å². The van der Waals surface area contributed by atoms with Crippen LogP contribution in [0.1, 0.15) is 52.1 Å². The van der Waals surface area contributed by atoms with E-state index >= 15 is 0 Å². The molecule has 1 aliphatic heterocycles. The molecule has 0 saturated carbocycles. The molecule has 0 radical (unpaired) electrons. The molecule has 1 aromatic heterocycles. The van der Waals surface area contributed by atoms with Crippen LogP contribution in [0.2, 0.25) is 0 Å². The van der Waals surface area contributed by atoms with Crippen molar-refractivity contribution in [1.29, 1.82) is 0 Å². The van der Waals surface area contributed by atoms with Crippen molar-refractivity contribution in [3.63, 3.8) is 0 Å². The van der Waals surface area contributed by atoms with Gasteiger partial charge in [-0.1, -0.05) is 36.4 Å². The van der Waals surface area contributed by atoms with Gasteiger partial charge in [0.05, 0.1) is 10.9 Å². The van der Waals surface area contributed by atoms with Crippen molar-refractivity contribution in [3.8, 4) is 0 Å². The predicted molar refractivity (Wildman–Crippen MR) is 98.0 cm³/mol. The number of carbonyl (C=O) groups is 3. The molecule has 25 heavy (non-hydrogen) atoms. The molecule has 5 heteroatoms. The maximum atomic E-state index is 12.7. The third kappa shape index (κ3) is 4.23. The Bertz CT molecular complexity index is 740. The fraction of sp³-hybridized carbons (Fsp3) is 0.350. The number of Topliss-reactive ketones (excluding diaryl/α,β-unsaturated/α-hetero) is 2. The molecule has 0 spiro atoms. The Morgan fingerprint density at radius 3 is 2.56 bits per heavy atom. The second kappa shape index (κ2) is 8.21. The number of likely N-dealkylation sites (tertiary alicyclic amines) is 1. The van der Waals surface area contributed by atoms with Crippen molar-refractivity contribution in [3.05, 3.63) is 58.3 Å². The van der Waals surface area contributed by atoms with E-state index in [-0.39, 0.29) is 23.5 Å². The van der Waals surface area contributed by atoms with Crippen LogP contribution < -0.4 is 0 Å². The molecule has 2 heterocycles. The van der Waals surface area contributed by atoms with Gasteiger partial charge in [-0.15, -0.1) is 11.3 Å². The zero-order valence-electron chi connectivity index (χ0n) is 14.0. The van der Waals surface area contributed by atoms with Gasteiger partial charge in [0.1, 0.15) is 0 Å². The summed E-state index contributed by atoms with van der Waals surface area (Å²) in [6, 6.07) is 12.4. The van der Waals surface area contributed by atoms with Crippen LogP contribution in [0.15, 0.2) is 47.8 Å². The van der Waals surface area contributed by atoms with Crippen LogP contribution in [-0.2, 0) is 4.79 Å². The number of benzene rings is 1. The Morgan fingerprint density at radius 1 is 1.04 bits per heavy atom. The van der Waals surface area contributed by atoms with Crippen LogP contribution in [0.3, 0.4) is 0 Å².